The lowest BCUT2D eigenvalue weighted by molar-refractivity contribution is 0.0234. The zero-order valence-electron chi connectivity index (χ0n) is 9.68. The molecule has 0 aliphatic heterocycles. The highest BCUT2D eigenvalue weighted by molar-refractivity contribution is 5.18. The number of ether oxygens (including phenoxy) is 1. The molecule has 0 fully saturated rings. The molecule has 0 heterocycles. The average Bonchev–Trinajstić information content (AvgIpc) is 2.26. The van der Waals surface area contributed by atoms with Crippen LogP contribution < -0.4 is 0 Å². The summed E-state index contributed by atoms with van der Waals surface area (Å²) >= 11 is 0. The number of methoxy groups -OCH3 is 1. The van der Waals surface area contributed by atoms with Crippen LogP contribution in [0.25, 0.3) is 0 Å². The zero-order valence-corrected chi connectivity index (χ0v) is 9.68. The van der Waals surface area contributed by atoms with Gasteiger partial charge in [0, 0.05) is 13.0 Å². The minimum atomic E-state index is -0.439. The van der Waals surface area contributed by atoms with Gasteiger partial charge in [0.15, 0.2) is 0 Å². The van der Waals surface area contributed by atoms with E-state index >= 15 is 0 Å². The number of aliphatic hydroxyl groups excluding tert-OH is 1. The molecule has 1 aromatic carbocycles. The molecule has 2 heteroatoms. The summed E-state index contributed by atoms with van der Waals surface area (Å²) in [5.74, 6) is 0.553. The topological polar surface area (TPSA) is 29.5 Å². The lowest BCUT2D eigenvalue weighted by atomic mass is 9.87. The van der Waals surface area contributed by atoms with E-state index in [-0.39, 0.29) is 5.92 Å². The summed E-state index contributed by atoms with van der Waals surface area (Å²) < 4.78 is 5.15. The fourth-order valence-corrected chi connectivity index (χ4v) is 1.74. The highest BCUT2D eigenvalue weighted by Gasteiger charge is 2.23. The van der Waals surface area contributed by atoms with Crippen LogP contribution in [-0.2, 0) is 4.74 Å². The first-order valence-corrected chi connectivity index (χ1v) is 5.38. The van der Waals surface area contributed by atoms with Crippen molar-refractivity contribution in [2.45, 2.75) is 20.0 Å². The largest absolute Gasteiger partial charge is 0.388 e. The molecule has 0 aliphatic carbocycles. The molecule has 1 N–H and O–H groups in total. The van der Waals surface area contributed by atoms with E-state index in [9.17, 15) is 5.11 Å². The standard InChI is InChI=1S/C13H20O2/c1-10(2)12(9-15-3)13(14)11-7-5-4-6-8-11/h4-8,10,12-14H,9H2,1-3H3/t12-,13?/m1/s1. The molecule has 0 aromatic heterocycles. The smallest absolute Gasteiger partial charge is 0.0842 e. The monoisotopic (exact) mass is 208 g/mol. The summed E-state index contributed by atoms with van der Waals surface area (Å²) in [5.41, 5.74) is 0.966. The van der Waals surface area contributed by atoms with Crippen LogP contribution in [0.3, 0.4) is 0 Å². The third kappa shape index (κ3) is 3.33. The molecule has 2 nitrogen and oxygen atoms in total. The Labute approximate surface area is 91.9 Å². The molecule has 0 saturated heterocycles. The minimum Gasteiger partial charge on any atom is -0.388 e. The Morgan fingerprint density at radius 3 is 2.27 bits per heavy atom. The number of benzene rings is 1. The number of rotatable bonds is 5. The van der Waals surface area contributed by atoms with E-state index in [1.165, 1.54) is 0 Å². The van der Waals surface area contributed by atoms with Gasteiger partial charge >= 0.3 is 0 Å². The summed E-state index contributed by atoms with van der Waals surface area (Å²) in [6, 6.07) is 9.76. The second-order valence-electron chi connectivity index (χ2n) is 4.22. The zero-order chi connectivity index (χ0) is 11.3. The van der Waals surface area contributed by atoms with Crippen molar-refractivity contribution in [3.8, 4) is 0 Å². The van der Waals surface area contributed by atoms with Crippen LogP contribution in [0, 0.1) is 11.8 Å². The van der Waals surface area contributed by atoms with Gasteiger partial charge in [0.2, 0.25) is 0 Å². The number of hydrogen-bond acceptors (Lipinski definition) is 2. The van der Waals surface area contributed by atoms with Crippen LogP contribution in [-0.4, -0.2) is 18.8 Å². The third-order valence-corrected chi connectivity index (χ3v) is 2.76. The van der Waals surface area contributed by atoms with Crippen LogP contribution in [0.1, 0.15) is 25.5 Å². The van der Waals surface area contributed by atoms with Crippen molar-refractivity contribution in [1.29, 1.82) is 0 Å². The lowest BCUT2D eigenvalue weighted by Crippen LogP contribution is -2.23. The van der Waals surface area contributed by atoms with E-state index in [0.717, 1.165) is 5.56 Å². The molecule has 1 rings (SSSR count). The van der Waals surface area contributed by atoms with Gasteiger partial charge in [-0.25, -0.2) is 0 Å². The number of aliphatic hydroxyl groups is 1. The molecule has 0 aliphatic rings. The SMILES string of the molecule is COC[C@H](C(C)C)C(O)c1ccccc1. The predicted octanol–water partition coefficient (Wildman–Crippen LogP) is 2.64. The van der Waals surface area contributed by atoms with Crippen molar-refractivity contribution in [2.24, 2.45) is 11.8 Å². The van der Waals surface area contributed by atoms with Crippen LogP contribution >= 0.6 is 0 Å². The van der Waals surface area contributed by atoms with E-state index in [1.807, 2.05) is 30.3 Å². The first kappa shape index (κ1) is 12.2. The van der Waals surface area contributed by atoms with Gasteiger partial charge < -0.3 is 9.84 Å². The Balaban J connectivity index is 2.76. The summed E-state index contributed by atoms with van der Waals surface area (Å²) in [6.07, 6.45) is -0.439. The molecule has 1 unspecified atom stereocenters. The maximum absolute atomic E-state index is 10.2. The molecule has 0 bridgehead atoms. The van der Waals surface area contributed by atoms with Gasteiger partial charge in [0.1, 0.15) is 0 Å². The maximum atomic E-state index is 10.2. The summed E-state index contributed by atoms with van der Waals surface area (Å²) in [4.78, 5) is 0. The number of hydrogen-bond donors (Lipinski definition) is 1. The van der Waals surface area contributed by atoms with E-state index in [2.05, 4.69) is 13.8 Å². The van der Waals surface area contributed by atoms with Gasteiger partial charge in [0.05, 0.1) is 12.7 Å². The normalized spacial score (nSPS) is 15.3. The molecule has 0 saturated carbocycles. The fraction of sp³-hybridized carbons (Fsp3) is 0.538. The molecule has 15 heavy (non-hydrogen) atoms. The Kier molecular flexibility index (Phi) is 4.79. The van der Waals surface area contributed by atoms with Crippen LogP contribution in [0.2, 0.25) is 0 Å². The molecule has 0 radical (unpaired) electrons. The average molecular weight is 208 g/mol. The van der Waals surface area contributed by atoms with E-state index in [1.54, 1.807) is 7.11 Å². The van der Waals surface area contributed by atoms with Crippen molar-refractivity contribution in [2.75, 3.05) is 13.7 Å². The first-order chi connectivity index (χ1) is 7.16. The third-order valence-electron chi connectivity index (χ3n) is 2.76. The van der Waals surface area contributed by atoms with Gasteiger partial charge in [0.25, 0.3) is 0 Å². The van der Waals surface area contributed by atoms with Crippen LogP contribution in [0.5, 0.6) is 0 Å². The van der Waals surface area contributed by atoms with Crippen molar-refractivity contribution < 1.29 is 9.84 Å². The molecule has 84 valence electrons. The van der Waals surface area contributed by atoms with E-state index in [4.69, 9.17) is 4.74 Å². The van der Waals surface area contributed by atoms with Gasteiger partial charge in [-0.3, -0.25) is 0 Å². The van der Waals surface area contributed by atoms with Crippen molar-refractivity contribution in [1.82, 2.24) is 0 Å². The van der Waals surface area contributed by atoms with Crippen molar-refractivity contribution in [3.63, 3.8) is 0 Å². The molecule has 0 spiro atoms. The van der Waals surface area contributed by atoms with Crippen LogP contribution in [0.4, 0.5) is 0 Å². The van der Waals surface area contributed by atoms with E-state index < -0.39 is 6.10 Å². The van der Waals surface area contributed by atoms with Crippen molar-refractivity contribution >= 4 is 0 Å². The Hall–Kier alpha value is -0.860. The fourth-order valence-electron chi connectivity index (χ4n) is 1.74. The first-order valence-electron chi connectivity index (χ1n) is 5.38. The Bertz CT molecular complexity index is 269. The molecular formula is C13H20O2. The van der Waals surface area contributed by atoms with Gasteiger partial charge in [-0.2, -0.15) is 0 Å². The van der Waals surface area contributed by atoms with Crippen molar-refractivity contribution in [3.05, 3.63) is 35.9 Å². The highest BCUT2D eigenvalue weighted by atomic mass is 16.5. The predicted molar refractivity (Wildman–Crippen MR) is 61.6 cm³/mol. The second kappa shape index (κ2) is 5.89. The minimum absolute atomic E-state index is 0.150. The molecule has 1 aromatic rings. The van der Waals surface area contributed by atoms with Gasteiger partial charge in [-0.1, -0.05) is 44.2 Å². The maximum Gasteiger partial charge on any atom is 0.0842 e. The Morgan fingerprint density at radius 1 is 1.20 bits per heavy atom. The molecule has 0 amide bonds. The Morgan fingerprint density at radius 2 is 1.80 bits per heavy atom. The summed E-state index contributed by atoms with van der Waals surface area (Å²) in [5, 5.41) is 10.2. The lowest BCUT2D eigenvalue weighted by Gasteiger charge is -2.25. The molecular weight excluding hydrogens is 188 g/mol. The summed E-state index contributed by atoms with van der Waals surface area (Å²) in [7, 11) is 1.67. The molecule has 2 atom stereocenters. The van der Waals surface area contributed by atoms with Gasteiger partial charge in [-0.05, 0) is 11.5 Å². The summed E-state index contributed by atoms with van der Waals surface area (Å²) in [6.45, 7) is 4.80. The van der Waals surface area contributed by atoms with Crippen LogP contribution in [0.15, 0.2) is 30.3 Å². The highest BCUT2D eigenvalue weighted by Crippen LogP contribution is 2.27. The quantitative estimate of drug-likeness (QED) is 0.806. The van der Waals surface area contributed by atoms with Gasteiger partial charge in [-0.15, -0.1) is 0 Å². The second-order valence-corrected chi connectivity index (χ2v) is 4.22. The van der Waals surface area contributed by atoms with E-state index in [0.29, 0.717) is 12.5 Å².